The Bertz CT molecular complexity index is 1060. The number of hydrogen-bond donors (Lipinski definition) is 1. The number of aromatic nitrogens is 1. The summed E-state index contributed by atoms with van der Waals surface area (Å²) in [5.41, 5.74) is 2.44. The van der Waals surface area contributed by atoms with Crippen LogP contribution in [0.15, 0.2) is 34.9 Å². The van der Waals surface area contributed by atoms with Gasteiger partial charge in [0, 0.05) is 12.3 Å². The fourth-order valence-corrected chi connectivity index (χ4v) is 6.66. The van der Waals surface area contributed by atoms with E-state index in [4.69, 9.17) is 19.0 Å². The number of nitrogens with zero attached hydrogens (tertiary/aromatic N) is 1. The van der Waals surface area contributed by atoms with E-state index >= 15 is 0 Å². The Balaban J connectivity index is 1.17. The molecule has 5 rings (SSSR count). The molecule has 1 saturated carbocycles. The average molecular weight is 510 g/mol. The lowest BCUT2D eigenvalue weighted by Crippen LogP contribution is -2.28. The number of fused-ring (bicyclic) bond motifs is 2. The van der Waals surface area contributed by atoms with Gasteiger partial charge in [-0.1, -0.05) is 62.8 Å². The molecule has 2 aromatic rings. The molecule has 37 heavy (non-hydrogen) atoms. The molecule has 0 unspecified atom stereocenters. The van der Waals surface area contributed by atoms with Crippen molar-refractivity contribution in [2.75, 3.05) is 6.61 Å². The average Bonchev–Trinajstić information content (AvgIpc) is 3.65. The van der Waals surface area contributed by atoms with Gasteiger partial charge in [-0.3, -0.25) is 4.79 Å². The smallest absolute Gasteiger partial charge is 0.360 e. The summed E-state index contributed by atoms with van der Waals surface area (Å²) in [5, 5.41) is 9.13. The summed E-state index contributed by atoms with van der Waals surface area (Å²) in [7, 11) is 0. The fourth-order valence-electron chi connectivity index (χ4n) is 6.66. The number of oxazole rings is 1. The van der Waals surface area contributed by atoms with Crippen LogP contribution in [0.5, 0.6) is 0 Å². The van der Waals surface area contributed by atoms with E-state index in [0.717, 1.165) is 49.1 Å². The predicted molar refractivity (Wildman–Crippen MR) is 137 cm³/mol. The molecule has 3 aliphatic rings. The highest BCUT2D eigenvalue weighted by Gasteiger charge is 2.51. The minimum absolute atomic E-state index is 0.0247. The van der Waals surface area contributed by atoms with Gasteiger partial charge in [0.05, 0.1) is 24.7 Å². The summed E-state index contributed by atoms with van der Waals surface area (Å²) in [6.07, 6.45) is 14.9. The topological polar surface area (TPSA) is 98.9 Å². The Morgan fingerprint density at radius 2 is 1.78 bits per heavy atom. The standard InChI is InChI=1S/C30H39NO6/c32-27(33)16-13-21-11-4-5-12-22(21)18-23-25-14-15-26(37-25)28(23)29-31-24(19-36-29)30(34)35-17-7-6-10-20-8-2-1-3-9-20/h4-5,11-12,19-20,23,25-26,28H,1-3,6-10,13-18H2,(H,32,33)/t23-,25-,26+,28-/m0/s1. The number of esters is 1. The molecule has 200 valence electrons. The van der Waals surface area contributed by atoms with Crippen LogP contribution in [0.2, 0.25) is 0 Å². The third kappa shape index (κ3) is 6.43. The Morgan fingerprint density at radius 3 is 2.59 bits per heavy atom. The number of carbonyl (C=O) groups is 2. The second-order valence-corrected chi connectivity index (χ2v) is 11.1. The van der Waals surface area contributed by atoms with Crippen molar-refractivity contribution in [2.24, 2.45) is 11.8 Å². The number of carbonyl (C=O) groups excluding carboxylic acids is 1. The van der Waals surface area contributed by atoms with Gasteiger partial charge in [0.2, 0.25) is 5.89 Å². The molecule has 4 atom stereocenters. The van der Waals surface area contributed by atoms with Crippen LogP contribution in [0.4, 0.5) is 0 Å². The van der Waals surface area contributed by atoms with Crippen molar-refractivity contribution in [3.63, 3.8) is 0 Å². The summed E-state index contributed by atoms with van der Waals surface area (Å²) >= 11 is 0. The van der Waals surface area contributed by atoms with Crippen molar-refractivity contribution >= 4 is 11.9 Å². The van der Waals surface area contributed by atoms with Crippen LogP contribution in [-0.2, 0) is 27.1 Å². The summed E-state index contributed by atoms with van der Waals surface area (Å²) in [4.78, 5) is 28.3. The highest BCUT2D eigenvalue weighted by molar-refractivity contribution is 5.86. The second-order valence-electron chi connectivity index (χ2n) is 11.1. The van der Waals surface area contributed by atoms with Gasteiger partial charge < -0.3 is 19.0 Å². The number of aryl methyl sites for hydroxylation is 1. The molecule has 1 aromatic heterocycles. The van der Waals surface area contributed by atoms with Crippen LogP contribution >= 0.6 is 0 Å². The highest BCUT2D eigenvalue weighted by Crippen LogP contribution is 2.50. The molecular weight excluding hydrogens is 470 g/mol. The maximum absolute atomic E-state index is 12.6. The van der Waals surface area contributed by atoms with Crippen molar-refractivity contribution in [2.45, 2.75) is 102 Å². The molecule has 7 heteroatoms. The second kappa shape index (κ2) is 12.2. The molecule has 2 aliphatic heterocycles. The zero-order valence-corrected chi connectivity index (χ0v) is 21.6. The van der Waals surface area contributed by atoms with Crippen molar-refractivity contribution in [1.29, 1.82) is 0 Å². The number of carboxylic acids is 1. The Hall–Kier alpha value is -2.67. The molecule has 0 radical (unpaired) electrons. The quantitative estimate of drug-likeness (QED) is 0.272. The van der Waals surface area contributed by atoms with Gasteiger partial charge >= 0.3 is 11.9 Å². The van der Waals surface area contributed by atoms with Gasteiger partial charge in [-0.15, -0.1) is 0 Å². The summed E-state index contributed by atoms with van der Waals surface area (Å²) in [5.74, 6) is 0.329. The van der Waals surface area contributed by atoms with E-state index < -0.39 is 11.9 Å². The molecule has 1 aromatic carbocycles. The van der Waals surface area contributed by atoms with E-state index in [1.165, 1.54) is 44.8 Å². The number of hydrogen-bond acceptors (Lipinski definition) is 6. The molecule has 3 fully saturated rings. The molecular formula is C30H39NO6. The number of ether oxygens (including phenoxy) is 2. The first kappa shape index (κ1) is 26.0. The Morgan fingerprint density at radius 1 is 1.00 bits per heavy atom. The van der Waals surface area contributed by atoms with E-state index in [1.54, 1.807) is 0 Å². The number of rotatable bonds is 12. The minimum atomic E-state index is -0.792. The van der Waals surface area contributed by atoms with Gasteiger partial charge in [0.1, 0.15) is 6.26 Å². The number of carboxylic acid groups (broad SMARTS) is 1. The number of aliphatic carboxylic acids is 1. The molecule has 0 spiro atoms. The van der Waals surface area contributed by atoms with Crippen molar-refractivity contribution < 1.29 is 28.6 Å². The summed E-state index contributed by atoms with van der Waals surface area (Å²) in [6, 6.07) is 8.04. The van der Waals surface area contributed by atoms with Crippen LogP contribution in [0.1, 0.15) is 104 Å². The summed E-state index contributed by atoms with van der Waals surface area (Å²) in [6.45, 7) is 0.417. The highest BCUT2D eigenvalue weighted by atomic mass is 16.5. The summed E-state index contributed by atoms with van der Waals surface area (Å²) < 4.78 is 17.6. The van der Waals surface area contributed by atoms with Crippen LogP contribution in [0.3, 0.4) is 0 Å². The molecule has 2 bridgehead atoms. The van der Waals surface area contributed by atoms with Gasteiger partial charge in [0.15, 0.2) is 5.69 Å². The van der Waals surface area contributed by atoms with Crippen LogP contribution in [-0.4, -0.2) is 40.8 Å². The molecule has 2 saturated heterocycles. The maximum atomic E-state index is 12.6. The van der Waals surface area contributed by atoms with Crippen molar-refractivity contribution in [3.05, 3.63) is 53.2 Å². The lowest BCUT2D eigenvalue weighted by Gasteiger charge is -2.26. The maximum Gasteiger partial charge on any atom is 0.360 e. The monoisotopic (exact) mass is 509 g/mol. The normalized spacial score (nSPS) is 25.4. The SMILES string of the molecule is O=C(O)CCc1ccccc1C[C@@H]1[C@H](c2nc(C(=O)OCCCCC3CCCCC3)co2)[C@H]2CC[C@@H]1O2. The fraction of sp³-hybridized carbons (Fsp3) is 0.633. The number of benzene rings is 1. The molecule has 3 heterocycles. The van der Waals surface area contributed by atoms with Crippen LogP contribution in [0.25, 0.3) is 0 Å². The van der Waals surface area contributed by atoms with E-state index in [1.807, 2.05) is 18.2 Å². The van der Waals surface area contributed by atoms with Gasteiger partial charge in [-0.2, -0.15) is 0 Å². The predicted octanol–water partition coefficient (Wildman–Crippen LogP) is 6.10. The van der Waals surface area contributed by atoms with Crippen molar-refractivity contribution in [3.8, 4) is 0 Å². The first-order valence-corrected chi connectivity index (χ1v) is 14.1. The minimum Gasteiger partial charge on any atom is -0.481 e. The van der Waals surface area contributed by atoms with Crippen molar-refractivity contribution in [1.82, 2.24) is 4.98 Å². The zero-order chi connectivity index (χ0) is 25.6. The van der Waals surface area contributed by atoms with E-state index in [2.05, 4.69) is 11.1 Å². The van der Waals surface area contributed by atoms with E-state index in [-0.39, 0.29) is 36.2 Å². The third-order valence-electron chi connectivity index (χ3n) is 8.59. The van der Waals surface area contributed by atoms with E-state index in [9.17, 15) is 9.59 Å². The molecule has 0 amide bonds. The molecule has 1 aliphatic carbocycles. The van der Waals surface area contributed by atoms with Crippen LogP contribution in [0, 0.1) is 11.8 Å². The van der Waals surface area contributed by atoms with Gasteiger partial charge in [0.25, 0.3) is 0 Å². The Kier molecular flexibility index (Phi) is 8.59. The van der Waals surface area contributed by atoms with Gasteiger partial charge in [-0.25, -0.2) is 9.78 Å². The zero-order valence-electron chi connectivity index (χ0n) is 21.6. The van der Waals surface area contributed by atoms with Gasteiger partial charge in [-0.05, 0) is 55.6 Å². The molecule has 7 nitrogen and oxygen atoms in total. The number of unbranched alkanes of at least 4 members (excludes halogenated alkanes) is 1. The van der Waals surface area contributed by atoms with E-state index in [0.29, 0.717) is 18.9 Å². The largest absolute Gasteiger partial charge is 0.481 e. The lowest BCUT2D eigenvalue weighted by atomic mass is 9.75. The molecule has 1 N–H and O–H groups in total. The lowest BCUT2D eigenvalue weighted by molar-refractivity contribution is -0.136. The Labute approximate surface area is 218 Å². The van der Waals surface area contributed by atoms with Crippen LogP contribution < -0.4 is 0 Å². The first-order chi connectivity index (χ1) is 18.1. The first-order valence-electron chi connectivity index (χ1n) is 14.1. The third-order valence-corrected chi connectivity index (χ3v) is 8.59.